The van der Waals surface area contributed by atoms with Gasteiger partial charge in [-0.2, -0.15) is 0 Å². The number of allylic oxidation sites excluding steroid dienone is 1. The first-order valence-corrected chi connectivity index (χ1v) is 5.76. The Morgan fingerprint density at radius 3 is 2.68 bits per heavy atom. The molecule has 1 heterocycles. The van der Waals surface area contributed by atoms with E-state index in [2.05, 4.69) is 0 Å². The monoisotopic (exact) mass is 258 g/mol. The first-order chi connectivity index (χ1) is 9.10. The van der Waals surface area contributed by atoms with Crippen LogP contribution in [0.5, 0.6) is 11.5 Å². The van der Waals surface area contributed by atoms with Crippen LogP contribution in [0.3, 0.4) is 0 Å². The highest BCUT2D eigenvalue weighted by molar-refractivity contribution is 6.04. The summed E-state index contributed by atoms with van der Waals surface area (Å²) in [5.41, 5.74) is 0.704. The van der Waals surface area contributed by atoms with Crippen molar-refractivity contribution in [2.75, 3.05) is 7.11 Å². The number of phenols is 1. The van der Waals surface area contributed by atoms with Crippen molar-refractivity contribution in [3.05, 3.63) is 53.5 Å². The number of aryl methyl sites for hydroxylation is 1. The highest BCUT2D eigenvalue weighted by atomic mass is 16.5. The summed E-state index contributed by atoms with van der Waals surface area (Å²) in [6, 6.07) is 8.27. The van der Waals surface area contributed by atoms with Crippen LogP contribution in [0.1, 0.15) is 21.9 Å². The molecule has 0 fully saturated rings. The van der Waals surface area contributed by atoms with E-state index in [4.69, 9.17) is 9.15 Å². The third-order valence-electron chi connectivity index (χ3n) is 2.61. The predicted molar refractivity (Wildman–Crippen MR) is 71.5 cm³/mol. The van der Waals surface area contributed by atoms with Gasteiger partial charge in [0.25, 0.3) is 0 Å². The van der Waals surface area contributed by atoms with Crippen LogP contribution in [0, 0.1) is 6.92 Å². The van der Waals surface area contributed by atoms with Crippen molar-refractivity contribution >= 4 is 11.9 Å². The van der Waals surface area contributed by atoms with Crippen LogP contribution < -0.4 is 4.74 Å². The maximum Gasteiger partial charge on any atom is 0.221 e. The average molecular weight is 258 g/mol. The second-order valence-corrected chi connectivity index (χ2v) is 4.04. The first kappa shape index (κ1) is 13.0. The van der Waals surface area contributed by atoms with E-state index in [0.29, 0.717) is 22.8 Å². The second kappa shape index (κ2) is 5.44. The van der Waals surface area contributed by atoms with Crippen molar-refractivity contribution in [3.8, 4) is 11.5 Å². The zero-order valence-electron chi connectivity index (χ0n) is 10.7. The fourth-order valence-electron chi connectivity index (χ4n) is 1.63. The van der Waals surface area contributed by atoms with Crippen LogP contribution in [-0.2, 0) is 0 Å². The van der Waals surface area contributed by atoms with Gasteiger partial charge in [-0.05, 0) is 42.8 Å². The van der Waals surface area contributed by atoms with Crippen molar-refractivity contribution in [3.63, 3.8) is 0 Å². The predicted octanol–water partition coefficient (Wildman–Crippen LogP) is 3.20. The highest BCUT2D eigenvalue weighted by Gasteiger charge is 2.06. The minimum absolute atomic E-state index is 0.0333. The molecular weight excluding hydrogens is 244 g/mol. The maximum absolute atomic E-state index is 11.8. The molecule has 0 spiro atoms. The second-order valence-electron chi connectivity index (χ2n) is 4.04. The molecule has 0 saturated carbocycles. The van der Waals surface area contributed by atoms with E-state index in [0.717, 1.165) is 0 Å². The molecule has 19 heavy (non-hydrogen) atoms. The number of hydrogen-bond acceptors (Lipinski definition) is 4. The van der Waals surface area contributed by atoms with Gasteiger partial charge in [0.2, 0.25) is 5.78 Å². The van der Waals surface area contributed by atoms with Crippen LogP contribution >= 0.6 is 0 Å². The van der Waals surface area contributed by atoms with Crippen molar-refractivity contribution in [1.29, 1.82) is 0 Å². The molecule has 0 atom stereocenters. The van der Waals surface area contributed by atoms with Gasteiger partial charge in [-0.1, -0.05) is 12.1 Å². The SMILES string of the molecule is COc1ccc(/C=C\C(=O)c2ccc(C)o2)cc1O. The van der Waals surface area contributed by atoms with Crippen LogP contribution in [0.2, 0.25) is 0 Å². The fourth-order valence-corrected chi connectivity index (χ4v) is 1.63. The summed E-state index contributed by atoms with van der Waals surface area (Å²) in [6.07, 6.45) is 3.01. The van der Waals surface area contributed by atoms with Crippen LogP contribution in [0.4, 0.5) is 0 Å². The Kier molecular flexibility index (Phi) is 3.71. The molecule has 4 heteroatoms. The zero-order valence-corrected chi connectivity index (χ0v) is 10.7. The number of furan rings is 1. The number of carbonyl (C=O) groups is 1. The molecule has 0 aliphatic rings. The van der Waals surface area contributed by atoms with Gasteiger partial charge >= 0.3 is 0 Å². The highest BCUT2D eigenvalue weighted by Crippen LogP contribution is 2.26. The van der Waals surface area contributed by atoms with Crippen molar-refractivity contribution in [2.24, 2.45) is 0 Å². The number of ketones is 1. The molecule has 1 aromatic carbocycles. The van der Waals surface area contributed by atoms with Gasteiger partial charge < -0.3 is 14.3 Å². The van der Waals surface area contributed by atoms with E-state index in [-0.39, 0.29) is 11.5 Å². The number of methoxy groups -OCH3 is 1. The van der Waals surface area contributed by atoms with Crippen molar-refractivity contribution in [2.45, 2.75) is 6.92 Å². The molecule has 1 aromatic heterocycles. The summed E-state index contributed by atoms with van der Waals surface area (Å²) >= 11 is 0. The van der Waals surface area contributed by atoms with E-state index >= 15 is 0 Å². The number of aromatic hydroxyl groups is 1. The van der Waals surface area contributed by atoms with Gasteiger partial charge in [0.15, 0.2) is 17.3 Å². The Morgan fingerprint density at radius 1 is 1.32 bits per heavy atom. The molecule has 4 nitrogen and oxygen atoms in total. The number of hydrogen-bond donors (Lipinski definition) is 1. The summed E-state index contributed by atoms with van der Waals surface area (Å²) in [6.45, 7) is 1.78. The summed E-state index contributed by atoms with van der Waals surface area (Å²) in [7, 11) is 1.48. The van der Waals surface area contributed by atoms with Gasteiger partial charge in [-0.3, -0.25) is 4.79 Å². The molecule has 0 bridgehead atoms. The lowest BCUT2D eigenvalue weighted by molar-refractivity contribution is 0.102. The first-order valence-electron chi connectivity index (χ1n) is 5.76. The number of benzene rings is 1. The van der Waals surface area contributed by atoms with Gasteiger partial charge in [-0.15, -0.1) is 0 Å². The number of ether oxygens (including phenoxy) is 1. The number of rotatable bonds is 4. The molecule has 0 radical (unpaired) electrons. The zero-order chi connectivity index (χ0) is 13.8. The lowest BCUT2D eigenvalue weighted by Crippen LogP contribution is -1.90. The number of carbonyl (C=O) groups excluding carboxylic acids is 1. The number of phenolic OH excluding ortho intramolecular Hbond substituents is 1. The maximum atomic E-state index is 11.8. The van der Waals surface area contributed by atoms with Crippen molar-refractivity contribution in [1.82, 2.24) is 0 Å². The molecule has 1 N–H and O–H groups in total. The standard InChI is InChI=1S/C15H14O4/c1-10-3-7-15(19-10)12(16)6-4-11-5-8-14(18-2)13(17)9-11/h3-9,17H,1-2H3/b6-4-. The molecule has 0 aliphatic heterocycles. The van der Waals surface area contributed by atoms with Crippen molar-refractivity contribution < 1.29 is 19.1 Å². The Hall–Kier alpha value is -2.49. The Labute approximate surface area is 110 Å². The summed E-state index contributed by atoms with van der Waals surface area (Å²) in [4.78, 5) is 11.8. The lowest BCUT2D eigenvalue weighted by Gasteiger charge is -2.03. The molecule has 0 saturated heterocycles. The van der Waals surface area contributed by atoms with E-state index in [1.54, 1.807) is 37.3 Å². The van der Waals surface area contributed by atoms with E-state index in [1.807, 2.05) is 0 Å². The molecule has 98 valence electrons. The normalized spacial score (nSPS) is 10.8. The Morgan fingerprint density at radius 2 is 2.11 bits per heavy atom. The average Bonchev–Trinajstić information content (AvgIpc) is 2.83. The fraction of sp³-hybridized carbons (Fsp3) is 0.133. The summed E-state index contributed by atoms with van der Waals surface area (Å²) in [5.74, 6) is 1.20. The molecule has 0 unspecified atom stereocenters. The lowest BCUT2D eigenvalue weighted by atomic mass is 10.1. The molecule has 2 aromatic rings. The quantitative estimate of drug-likeness (QED) is 0.675. The van der Waals surface area contributed by atoms with E-state index in [9.17, 15) is 9.90 Å². The molecule has 0 aliphatic carbocycles. The largest absolute Gasteiger partial charge is 0.504 e. The van der Waals surface area contributed by atoms with Crippen LogP contribution in [-0.4, -0.2) is 18.0 Å². The Bertz CT molecular complexity index is 623. The topological polar surface area (TPSA) is 59.7 Å². The van der Waals surface area contributed by atoms with E-state index < -0.39 is 0 Å². The molecule has 0 amide bonds. The third kappa shape index (κ3) is 3.04. The van der Waals surface area contributed by atoms with Gasteiger partial charge in [0.1, 0.15) is 5.76 Å². The van der Waals surface area contributed by atoms with Gasteiger partial charge in [-0.25, -0.2) is 0 Å². The minimum atomic E-state index is -0.219. The molecular formula is C15H14O4. The third-order valence-corrected chi connectivity index (χ3v) is 2.61. The smallest absolute Gasteiger partial charge is 0.221 e. The minimum Gasteiger partial charge on any atom is -0.504 e. The van der Waals surface area contributed by atoms with Gasteiger partial charge in [0.05, 0.1) is 7.11 Å². The van der Waals surface area contributed by atoms with E-state index in [1.165, 1.54) is 19.3 Å². The van der Waals surface area contributed by atoms with Crippen LogP contribution in [0.15, 0.2) is 40.8 Å². The Balaban J connectivity index is 2.14. The van der Waals surface area contributed by atoms with Crippen LogP contribution in [0.25, 0.3) is 6.08 Å². The summed E-state index contributed by atoms with van der Waals surface area (Å²) < 4.78 is 10.2. The molecule has 2 rings (SSSR count). The summed E-state index contributed by atoms with van der Waals surface area (Å²) in [5, 5.41) is 9.61. The van der Waals surface area contributed by atoms with Gasteiger partial charge in [0, 0.05) is 0 Å².